The number of nitrogens with zero attached hydrogens (tertiary/aromatic N) is 6. The van der Waals surface area contributed by atoms with Gasteiger partial charge in [-0.15, -0.1) is 0 Å². The lowest BCUT2D eigenvalue weighted by molar-refractivity contribution is -0.385. The first-order valence-electron chi connectivity index (χ1n) is 12.8. The molecule has 2 fully saturated rings. The first-order chi connectivity index (χ1) is 18.8. The molecule has 2 aliphatic heterocycles. The molecule has 0 unspecified atom stereocenters. The quantitative estimate of drug-likeness (QED) is 0.257. The summed E-state index contributed by atoms with van der Waals surface area (Å²) in [6, 6.07) is 13.0. The first kappa shape index (κ1) is 26.5. The molecule has 204 valence electrons. The van der Waals surface area contributed by atoms with Gasteiger partial charge in [-0.05, 0) is 56.9 Å². The fraction of sp³-hybridized carbons (Fsp3) is 0.346. The van der Waals surface area contributed by atoms with Gasteiger partial charge in [-0.2, -0.15) is 14.5 Å². The number of para-hydroxylation sites is 1. The number of nitro benzene ring substituents is 1. The molecule has 2 aromatic carbocycles. The van der Waals surface area contributed by atoms with Crippen LogP contribution in [0.4, 0.5) is 11.5 Å². The molecule has 0 atom stereocenters. The molecule has 12 nitrogen and oxygen atoms in total. The summed E-state index contributed by atoms with van der Waals surface area (Å²) >= 11 is 0. The second-order valence-corrected chi connectivity index (χ2v) is 11.4. The largest absolute Gasteiger partial charge is 0.356 e. The number of aryl methyl sites for hydroxylation is 1. The third-order valence-corrected chi connectivity index (χ3v) is 8.86. The molecular weight excluding hydrogens is 522 g/mol. The standard InChI is InChI=1S/C26H29N7O5S/c1-19-23(26(30-13-5-6-14-30)32(29-19)20-9-3-2-4-10-20)18-27-28-25(34)22-12-11-21(17-24(22)33(35)36)39(37,38)31-15-7-8-16-31/h2-4,9-12,17-18H,5-8,13-16H2,1H3,(H,28,34). The number of amides is 1. The molecular formula is C26H29N7O5S. The topological polar surface area (TPSA) is 143 Å². The summed E-state index contributed by atoms with van der Waals surface area (Å²) in [6.07, 6.45) is 5.08. The van der Waals surface area contributed by atoms with Crippen molar-refractivity contribution in [1.82, 2.24) is 19.5 Å². The fourth-order valence-corrected chi connectivity index (χ4v) is 6.51. The van der Waals surface area contributed by atoms with Crippen molar-refractivity contribution in [3.63, 3.8) is 0 Å². The molecule has 2 saturated heterocycles. The van der Waals surface area contributed by atoms with Gasteiger partial charge in [-0.25, -0.2) is 18.5 Å². The monoisotopic (exact) mass is 551 g/mol. The van der Waals surface area contributed by atoms with E-state index in [1.807, 2.05) is 41.9 Å². The molecule has 39 heavy (non-hydrogen) atoms. The minimum atomic E-state index is -3.87. The summed E-state index contributed by atoms with van der Waals surface area (Å²) < 4.78 is 28.9. The minimum Gasteiger partial charge on any atom is -0.356 e. The number of aromatic nitrogens is 2. The van der Waals surface area contributed by atoms with Gasteiger partial charge in [0.2, 0.25) is 10.0 Å². The maximum atomic E-state index is 12.9. The molecule has 0 saturated carbocycles. The van der Waals surface area contributed by atoms with Gasteiger partial charge in [0.1, 0.15) is 11.4 Å². The van der Waals surface area contributed by atoms with Crippen molar-refractivity contribution in [2.75, 3.05) is 31.1 Å². The molecule has 1 amide bonds. The number of nitro groups is 1. The van der Waals surface area contributed by atoms with Crippen LogP contribution >= 0.6 is 0 Å². The molecule has 0 spiro atoms. The van der Waals surface area contributed by atoms with Gasteiger partial charge in [0, 0.05) is 32.2 Å². The van der Waals surface area contributed by atoms with Gasteiger partial charge in [0.05, 0.1) is 33.0 Å². The molecule has 3 heterocycles. The molecule has 0 aliphatic carbocycles. The summed E-state index contributed by atoms with van der Waals surface area (Å²) in [4.78, 5) is 25.9. The Balaban J connectivity index is 1.41. The van der Waals surface area contributed by atoms with Crippen LogP contribution in [0.1, 0.15) is 47.3 Å². The van der Waals surface area contributed by atoms with E-state index in [2.05, 4.69) is 15.4 Å². The van der Waals surface area contributed by atoms with Crippen molar-refractivity contribution in [3.8, 4) is 5.69 Å². The number of carbonyl (C=O) groups excluding carboxylic acids is 1. The number of hydrogen-bond donors (Lipinski definition) is 1. The van der Waals surface area contributed by atoms with E-state index in [0.717, 1.165) is 68.0 Å². The van der Waals surface area contributed by atoms with Crippen molar-refractivity contribution in [2.45, 2.75) is 37.5 Å². The van der Waals surface area contributed by atoms with Crippen LogP contribution in [-0.2, 0) is 10.0 Å². The smallest absolute Gasteiger partial charge is 0.283 e. The van der Waals surface area contributed by atoms with Crippen LogP contribution in [0, 0.1) is 17.0 Å². The van der Waals surface area contributed by atoms with Crippen LogP contribution in [0.5, 0.6) is 0 Å². The predicted molar refractivity (Wildman–Crippen MR) is 146 cm³/mol. The predicted octanol–water partition coefficient (Wildman–Crippen LogP) is 3.24. The van der Waals surface area contributed by atoms with E-state index in [1.165, 1.54) is 16.6 Å². The Labute approximate surface area is 226 Å². The number of benzene rings is 2. The summed E-state index contributed by atoms with van der Waals surface area (Å²) in [7, 11) is -3.87. The minimum absolute atomic E-state index is 0.213. The van der Waals surface area contributed by atoms with Crippen LogP contribution < -0.4 is 10.3 Å². The number of rotatable bonds is 8. The highest BCUT2D eigenvalue weighted by molar-refractivity contribution is 7.89. The van der Waals surface area contributed by atoms with E-state index < -0.39 is 26.5 Å². The van der Waals surface area contributed by atoms with E-state index in [-0.39, 0.29) is 10.5 Å². The third kappa shape index (κ3) is 5.27. The lowest BCUT2D eigenvalue weighted by Crippen LogP contribution is -2.28. The van der Waals surface area contributed by atoms with Gasteiger partial charge in [0.25, 0.3) is 11.6 Å². The van der Waals surface area contributed by atoms with Gasteiger partial charge >= 0.3 is 0 Å². The molecule has 1 N–H and O–H groups in total. The highest BCUT2D eigenvalue weighted by Gasteiger charge is 2.31. The molecule has 0 bridgehead atoms. The Hall–Kier alpha value is -4.10. The van der Waals surface area contributed by atoms with Crippen molar-refractivity contribution < 1.29 is 18.1 Å². The SMILES string of the molecule is Cc1nn(-c2ccccc2)c(N2CCCC2)c1C=NNC(=O)c1ccc(S(=O)(=O)N2CCCC2)cc1[N+](=O)[O-]. The Kier molecular flexibility index (Phi) is 7.44. The summed E-state index contributed by atoms with van der Waals surface area (Å²) in [5, 5.41) is 20.6. The van der Waals surface area contributed by atoms with Crippen LogP contribution in [-0.4, -0.2) is 65.7 Å². The Morgan fingerprint density at radius 3 is 2.38 bits per heavy atom. The molecule has 5 rings (SSSR count). The Morgan fingerprint density at radius 1 is 1.05 bits per heavy atom. The summed E-state index contributed by atoms with van der Waals surface area (Å²) in [6.45, 7) is 4.32. The number of hydrogen-bond acceptors (Lipinski definition) is 8. The third-order valence-electron chi connectivity index (χ3n) is 6.96. The number of anilines is 1. The van der Waals surface area contributed by atoms with Crippen LogP contribution in [0.3, 0.4) is 0 Å². The zero-order chi connectivity index (χ0) is 27.6. The van der Waals surface area contributed by atoms with Crippen LogP contribution in [0.2, 0.25) is 0 Å². The first-order valence-corrected chi connectivity index (χ1v) is 14.2. The Morgan fingerprint density at radius 2 is 1.72 bits per heavy atom. The van der Waals surface area contributed by atoms with Gasteiger partial charge < -0.3 is 4.90 Å². The molecule has 2 aliphatic rings. The Bertz CT molecular complexity index is 1520. The van der Waals surface area contributed by atoms with E-state index in [4.69, 9.17) is 5.10 Å². The number of nitrogens with one attached hydrogen (secondary N) is 1. The van der Waals surface area contributed by atoms with Crippen molar-refractivity contribution in [2.24, 2.45) is 5.10 Å². The van der Waals surface area contributed by atoms with Gasteiger partial charge in [0.15, 0.2) is 0 Å². The van der Waals surface area contributed by atoms with Gasteiger partial charge in [-0.3, -0.25) is 14.9 Å². The molecule has 0 radical (unpaired) electrons. The number of carbonyl (C=O) groups is 1. The van der Waals surface area contributed by atoms with Crippen LogP contribution in [0.25, 0.3) is 5.69 Å². The summed E-state index contributed by atoms with van der Waals surface area (Å²) in [5.74, 6) is 0.0375. The van der Waals surface area contributed by atoms with Gasteiger partial charge in [-0.1, -0.05) is 18.2 Å². The van der Waals surface area contributed by atoms with Crippen LogP contribution in [0.15, 0.2) is 58.5 Å². The number of sulfonamides is 1. The zero-order valence-electron chi connectivity index (χ0n) is 21.5. The molecule has 1 aromatic heterocycles. The molecule has 3 aromatic rings. The lowest BCUT2D eigenvalue weighted by atomic mass is 10.1. The zero-order valence-corrected chi connectivity index (χ0v) is 22.3. The highest BCUT2D eigenvalue weighted by atomic mass is 32.2. The van der Waals surface area contributed by atoms with Crippen molar-refractivity contribution >= 4 is 33.7 Å². The van der Waals surface area contributed by atoms with Crippen molar-refractivity contribution in [3.05, 3.63) is 75.5 Å². The fourth-order valence-electron chi connectivity index (χ4n) is 4.97. The van der Waals surface area contributed by atoms with E-state index in [9.17, 15) is 23.3 Å². The summed E-state index contributed by atoms with van der Waals surface area (Å²) in [5.41, 5.74) is 3.80. The van der Waals surface area contributed by atoms with Crippen molar-refractivity contribution in [1.29, 1.82) is 0 Å². The maximum Gasteiger partial charge on any atom is 0.283 e. The molecule has 13 heteroatoms. The maximum absolute atomic E-state index is 12.9. The average Bonchev–Trinajstić information content (AvgIpc) is 3.71. The van der Waals surface area contributed by atoms with E-state index in [0.29, 0.717) is 18.8 Å². The lowest BCUT2D eigenvalue weighted by Gasteiger charge is -2.20. The second kappa shape index (κ2) is 10.9. The van der Waals surface area contributed by atoms with E-state index in [1.54, 1.807) is 0 Å². The highest BCUT2D eigenvalue weighted by Crippen LogP contribution is 2.30. The van der Waals surface area contributed by atoms with E-state index >= 15 is 0 Å². The normalized spacial score (nSPS) is 16.3. The average molecular weight is 552 g/mol. The second-order valence-electron chi connectivity index (χ2n) is 9.51. The number of hydrazone groups is 1.